The quantitative estimate of drug-likeness (QED) is 0.391. The second kappa shape index (κ2) is 9.60. The van der Waals surface area contributed by atoms with Crippen LogP contribution in [0.2, 0.25) is 10.0 Å². The van der Waals surface area contributed by atoms with Crippen molar-refractivity contribution in [1.82, 2.24) is 14.8 Å². The molecule has 1 aromatic heterocycles. The molecule has 1 fully saturated rings. The van der Waals surface area contributed by atoms with Crippen molar-refractivity contribution in [2.45, 2.75) is 19.9 Å². The number of aliphatic hydroxyl groups excluding tert-OH is 1. The Balaban J connectivity index is 2.09. The largest absolute Gasteiger partial charge is 0.507 e. The van der Waals surface area contributed by atoms with Crippen LogP contribution in [0.5, 0.6) is 0 Å². The van der Waals surface area contributed by atoms with E-state index in [9.17, 15) is 14.7 Å². The molecule has 6 nitrogen and oxygen atoms in total. The SMILES string of the molecule is CCN(CC)CCN1C(=O)C(=O)/C(=C(\O)c2ccc(Cl)c(Cl)c2)C1c1ccncc1. The van der Waals surface area contributed by atoms with Gasteiger partial charge in [-0.15, -0.1) is 0 Å². The second-order valence-corrected chi connectivity index (χ2v) is 7.74. The number of likely N-dealkylation sites (tertiary alicyclic amines) is 1. The summed E-state index contributed by atoms with van der Waals surface area (Å²) in [6.07, 6.45) is 3.19. The lowest BCUT2D eigenvalue weighted by Gasteiger charge is -2.28. The number of pyridine rings is 1. The Hall–Kier alpha value is -2.41. The highest BCUT2D eigenvalue weighted by atomic mass is 35.5. The van der Waals surface area contributed by atoms with Crippen molar-refractivity contribution < 1.29 is 14.7 Å². The number of ketones is 1. The normalized spacial score (nSPS) is 18.4. The third kappa shape index (κ3) is 4.36. The summed E-state index contributed by atoms with van der Waals surface area (Å²) in [6, 6.07) is 7.35. The Morgan fingerprint density at radius 2 is 1.77 bits per heavy atom. The molecule has 0 aliphatic carbocycles. The minimum Gasteiger partial charge on any atom is -0.507 e. The van der Waals surface area contributed by atoms with Gasteiger partial charge in [0.1, 0.15) is 5.76 Å². The van der Waals surface area contributed by atoms with Gasteiger partial charge in [-0.25, -0.2) is 0 Å². The average molecular weight is 448 g/mol. The Morgan fingerprint density at radius 3 is 2.37 bits per heavy atom. The molecule has 1 aliphatic rings. The molecule has 1 amide bonds. The molecule has 1 N–H and O–H groups in total. The van der Waals surface area contributed by atoms with Crippen LogP contribution < -0.4 is 0 Å². The number of aromatic nitrogens is 1. The predicted octanol–water partition coefficient (Wildman–Crippen LogP) is 4.15. The first-order chi connectivity index (χ1) is 14.4. The molecule has 1 atom stereocenters. The summed E-state index contributed by atoms with van der Waals surface area (Å²) in [6.45, 7) is 6.74. The number of rotatable bonds is 7. The van der Waals surface area contributed by atoms with Crippen LogP contribution >= 0.6 is 23.2 Å². The molecule has 0 radical (unpaired) electrons. The second-order valence-electron chi connectivity index (χ2n) is 6.93. The lowest BCUT2D eigenvalue weighted by molar-refractivity contribution is -0.140. The van der Waals surface area contributed by atoms with E-state index in [2.05, 4.69) is 9.88 Å². The summed E-state index contributed by atoms with van der Waals surface area (Å²) in [4.78, 5) is 33.6. The van der Waals surface area contributed by atoms with Crippen molar-refractivity contribution in [3.8, 4) is 0 Å². The molecular formula is C22H23Cl2N3O3. The van der Waals surface area contributed by atoms with Gasteiger partial charge in [0.05, 0.1) is 21.7 Å². The van der Waals surface area contributed by atoms with E-state index in [0.29, 0.717) is 29.2 Å². The molecule has 3 rings (SSSR count). The van der Waals surface area contributed by atoms with Crippen LogP contribution in [0.1, 0.15) is 31.0 Å². The highest BCUT2D eigenvalue weighted by molar-refractivity contribution is 6.46. The summed E-state index contributed by atoms with van der Waals surface area (Å²) in [5, 5.41) is 11.6. The summed E-state index contributed by atoms with van der Waals surface area (Å²) in [5.74, 6) is -1.63. The maximum atomic E-state index is 13.0. The monoisotopic (exact) mass is 447 g/mol. The number of hydrogen-bond acceptors (Lipinski definition) is 5. The van der Waals surface area contributed by atoms with Gasteiger partial charge in [0, 0.05) is 31.0 Å². The molecule has 1 aromatic carbocycles. The number of Topliss-reactive ketones (excluding diaryl/α,β-unsaturated/α-hetero) is 1. The first-order valence-electron chi connectivity index (χ1n) is 9.75. The van der Waals surface area contributed by atoms with Crippen molar-refractivity contribution in [3.05, 3.63) is 69.5 Å². The van der Waals surface area contributed by atoms with E-state index in [0.717, 1.165) is 13.1 Å². The fourth-order valence-corrected chi connectivity index (χ4v) is 3.89. The van der Waals surface area contributed by atoms with Gasteiger partial charge in [0.2, 0.25) is 0 Å². The fourth-order valence-electron chi connectivity index (χ4n) is 3.59. The van der Waals surface area contributed by atoms with Crippen molar-refractivity contribution in [3.63, 3.8) is 0 Å². The van der Waals surface area contributed by atoms with E-state index in [1.54, 1.807) is 30.6 Å². The average Bonchev–Trinajstić information content (AvgIpc) is 3.01. The molecule has 8 heteroatoms. The van der Waals surface area contributed by atoms with Crippen molar-refractivity contribution in [2.75, 3.05) is 26.2 Å². The number of carbonyl (C=O) groups is 2. The number of amides is 1. The number of likely N-dealkylation sites (N-methyl/N-ethyl adjacent to an activating group) is 1. The van der Waals surface area contributed by atoms with Gasteiger partial charge in [-0.2, -0.15) is 0 Å². The van der Waals surface area contributed by atoms with Gasteiger partial charge in [-0.1, -0.05) is 37.0 Å². The van der Waals surface area contributed by atoms with Crippen LogP contribution in [-0.4, -0.2) is 57.8 Å². The summed E-state index contributed by atoms with van der Waals surface area (Å²) in [5.41, 5.74) is 1.06. The van der Waals surface area contributed by atoms with Gasteiger partial charge in [0.15, 0.2) is 0 Å². The van der Waals surface area contributed by atoms with Gasteiger partial charge in [0.25, 0.3) is 11.7 Å². The zero-order valence-electron chi connectivity index (χ0n) is 16.8. The molecule has 2 aromatic rings. The summed E-state index contributed by atoms with van der Waals surface area (Å²) >= 11 is 12.1. The molecule has 2 heterocycles. The third-order valence-corrected chi connectivity index (χ3v) is 6.05. The minimum absolute atomic E-state index is 0.0316. The van der Waals surface area contributed by atoms with Gasteiger partial charge in [-0.3, -0.25) is 14.6 Å². The Bertz CT molecular complexity index is 975. The molecule has 0 spiro atoms. The highest BCUT2D eigenvalue weighted by Gasteiger charge is 2.45. The van der Waals surface area contributed by atoms with E-state index in [1.165, 1.54) is 17.0 Å². The summed E-state index contributed by atoms with van der Waals surface area (Å²) < 4.78 is 0. The zero-order chi connectivity index (χ0) is 21.8. The van der Waals surface area contributed by atoms with Crippen LogP contribution in [0.3, 0.4) is 0 Å². The molecule has 1 saturated heterocycles. The Morgan fingerprint density at radius 1 is 1.10 bits per heavy atom. The van der Waals surface area contributed by atoms with Crippen LogP contribution in [0.4, 0.5) is 0 Å². The van der Waals surface area contributed by atoms with Crippen LogP contribution in [0.15, 0.2) is 48.3 Å². The summed E-state index contributed by atoms with van der Waals surface area (Å²) in [7, 11) is 0. The fraction of sp³-hybridized carbons (Fsp3) is 0.318. The molecule has 30 heavy (non-hydrogen) atoms. The Kier molecular flexibility index (Phi) is 7.13. The number of hydrogen-bond donors (Lipinski definition) is 1. The number of benzene rings is 1. The smallest absolute Gasteiger partial charge is 0.295 e. The lowest BCUT2D eigenvalue weighted by Crippen LogP contribution is -2.38. The van der Waals surface area contributed by atoms with Crippen LogP contribution in [0, 0.1) is 0 Å². The molecule has 1 aliphatic heterocycles. The van der Waals surface area contributed by atoms with Gasteiger partial charge in [-0.05, 0) is 49.0 Å². The van der Waals surface area contributed by atoms with Crippen LogP contribution in [-0.2, 0) is 9.59 Å². The number of nitrogens with zero attached hydrogens (tertiary/aromatic N) is 3. The van der Waals surface area contributed by atoms with E-state index in [-0.39, 0.29) is 16.4 Å². The molecule has 158 valence electrons. The van der Waals surface area contributed by atoms with Crippen molar-refractivity contribution in [1.29, 1.82) is 0 Å². The molecule has 0 saturated carbocycles. The van der Waals surface area contributed by atoms with E-state index >= 15 is 0 Å². The molecular weight excluding hydrogens is 425 g/mol. The van der Waals surface area contributed by atoms with E-state index in [1.807, 2.05) is 13.8 Å². The lowest BCUT2D eigenvalue weighted by atomic mass is 9.96. The highest BCUT2D eigenvalue weighted by Crippen LogP contribution is 2.39. The Labute approximate surface area is 185 Å². The number of aliphatic hydroxyl groups is 1. The number of halogens is 2. The maximum Gasteiger partial charge on any atom is 0.295 e. The van der Waals surface area contributed by atoms with E-state index in [4.69, 9.17) is 23.2 Å². The first kappa shape index (κ1) is 22.3. The zero-order valence-corrected chi connectivity index (χ0v) is 18.3. The maximum absolute atomic E-state index is 13.0. The van der Waals surface area contributed by atoms with Gasteiger partial charge < -0.3 is 14.9 Å². The molecule has 1 unspecified atom stereocenters. The van der Waals surface area contributed by atoms with Gasteiger partial charge >= 0.3 is 0 Å². The van der Waals surface area contributed by atoms with E-state index < -0.39 is 17.7 Å². The predicted molar refractivity (Wildman–Crippen MR) is 117 cm³/mol. The number of carbonyl (C=O) groups excluding carboxylic acids is 2. The van der Waals surface area contributed by atoms with Crippen LogP contribution in [0.25, 0.3) is 5.76 Å². The minimum atomic E-state index is -0.722. The van der Waals surface area contributed by atoms with Crippen molar-refractivity contribution in [2.24, 2.45) is 0 Å². The third-order valence-electron chi connectivity index (χ3n) is 5.31. The van der Waals surface area contributed by atoms with Crippen molar-refractivity contribution >= 4 is 40.7 Å². The first-order valence-corrected chi connectivity index (χ1v) is 10.5. The molecule has 0 bridgehead atoms. The topological polar surface area (TPSA) is 73.7 Å². The standard InChI is InChI=1S/C22H23Cl2N3O3/c1-3-26(4-2)11-12-27-19(14-7-9-25-10-8-14)18(21(29)22(27)30)20(28)15-5-6-16(23)17(24)13-15/h5-10,13,19,28H,3-4,11-12H2,1-2H3/b20-18-.